The zero-order chi connectivity index (χ0) is 12.9. The molecule has 0 heterocycles. The summed E-state index contributed by atoms with van der Waals surface area (Å²) in [6.07, 6.45) is 0. The molecule has 0 aliphatic carbocycles. The first-order chi connectivity index (χ1) is 7.93. The summed E-state index contributed by atoms with van der Waals surface area (Å²) in [7, 11) is -1.99. The Kier molecular flexibility index (Phi) is 4.92. The molecule has 3 N–H and O–H groups in total. The highest BCUT2D eigenvalue weighted by Crippen LogP contribution is 2.14. The molecule has 96 valence electrons. The van der Waals surface area contributed by atoms with Gasteiger partial charge in [-0.1, -0.05) is 13.0 Å². The Bertz CT molecular complexity index is 460. The van der Waals surface area contributed by atoms with Crippen molar-refractivity contribution in [3.63, 3.8) is 0 Å². The van der Waals surface area contributed by atoms with Crippen molar-refractivity contribution in [2.45, 2.75) is 11.8 Å². The number of hydrogen-bond donors (Lipinski definition) is 2. The number of primary sulfonamides is 1. The lowest BCUT2D eigenvalue weighted by molar-refractivity contribution is 0.164. The predicted molar refractivity (Wildman–Crippen MR) is 67.3 cm³/mol. The fourth-order valence-electron chi connectivity index (χ4n) is 1.42. The fourth-order valence-corrected chi connectivity index (χ4v) is 1.98. The van der Waals surface area contributed by atoms with E-state index in [1.165, 1.54) is 12.1 Å². The lowest BCUT2D eigenvalue weighted by Gasteiger charge is -2.12. The van der Waals surface area contributed by atoms with E-state index < -0.39 is 10.0 Å². The molecule has 0 aromatic heterocycles. The molecule has 5 nitrogen and oxygen atoms in total. The van der Waals surface area contributed by atoms with Gasteiger partial charge in [0, 0.05) is 19.3 Å². The van der Waals surface area contributed by atoms with Gasteiger partial charge in [-0.25, -0.2) is 13.6 Å². The number of nitrogens with two attached hydrogens (primary N) is 1. The van der Waals surface area contributed by atoms with E-state index in [2.05, 4.69) is 5.32 Å². The van der Waals surface area contributed by atoms with Gasteiger partial charge in [0.15, 0.2) is 0 Å². The van der Waals surface area contributed by atoms with Crippen molar-refractivity contribution in [2.75, 3.05) is 25.6 Å². The van der Waals surface area contributed by atoms with Gasteiger partial charge in [0.05, 0.1) is 11.5 Å². The second-order valence-corrected chi connectivity index (χ2v) is 5.58. The van der Waals surface area contributed by atoms with Crippen LogP contribution in [0.4, 0.5) is 5.69 Å². The number of ether oxygens (including phenoxy) is 1. The van der Waals surface area contributed by atoms with Crippen LogP contribution in [0, 0.1) is 5.92 Å². The molecule has 0 saturated carbocycles. The maximum absolute atomic E-state index is 11.2. The average molecular weight is 258 g/mol. The summed E-state index contributed by atoms with van der Waals surface area (Å²) < 4.78 is 27.3. The van der Waals surface area contributed by atoms with Crippen molar-refractivity contribution < 1.29 is 13.2 Å². The van der Waals surface area contributed by atoms with Crippen LogP contribution in [0.1, 0.15) is 6.92 Å². The molecule has 1 rings (SSSR count). The second kappa shape index (κ2) is 6.00. The normalized spacial score (nSPS) is 13.4. The number of hydrogen-bond acceptors (Lipinski definition) is 4. The summed E-state index contributed by atoms with van der Waals surface area (Å²) in [6, 6.07) is 6.45. The zero-order valence-electron chi connectivity index (χ0n) is 10.0. The van der Waals surface area contributed by atoms with Gasteiger partial charge in [0.1, 0.15) is 0 Å². The van der Waals surface area contributed by atoms with Crippen LogP contribution in [0.15, 0.2) is 29.2 Å². The maximum Gasteiger partial charge on any atom is 0.238 e. The molecule has 0 radical (unpaired) electrons. The molecule has 1 atom stereocenters. The molecule has 17 heavy (non-hydrogen) atoms. The van der Waals surface area contributed by atoms with Gasteiger partial charge in [-0.15, -0.1) is 0 Å². The molecule has 1 aromatic rings. The lowest BCUT2D eigenvalue weighted by Crippen LogP contribution is -2.16. The van der Waals surface area contributed by atoms with Crippen LogP contribution in [0.5, 0.6) is 0 Å². The fraction of sp³-hybridized carbons (Fsp3) is 0.455. The Hall–Kier alpha value is -1.11. The average Bonchev–Trinajstić information content (AvgIpc) is 2.26. The first-order valence-electron chi connectivity index (χ1n) is 5.29. The van der Waals surface area contributed by atoms with E-state index in [0.717, 1.165) is 5.69 Å². The molecular formula is C11H18N2O3S. The minimum atomic E-state index is -3.64. The van der Waals surface area contributed by atoms with Crippen LogP contribution in [0.2, 0.25) is 0 Å². The van der Waals surface area contributed by atoms with E-state index in [9.17, 15) is 8.42 Å². The third-order valence-electron chi connectivity index (χ3n) is 2.27. The van der Waals surface area contributed by atoms with Gasteiger partial charge in [0.25, 0.3) is 0 Å². The van der Waals surface area contributed by atoms with Gasteiger partial charge < -0.3 is 10.1 Å². The van der Waals surface area contributed by atoms with Crippen molar-refractivity contribution in [3.8, 4) is 0 Å². The van der Waals surface area contributed by atoms with Gasteiger partial charge in [0.2, 0.25) is 10.0 Å². The number of methoxy groups -OCH3 is 1. The summed E-state index contributed by atoms with van der Waals surface area (Å²) in [6.45, 7) is 3.41. The van der Waals surface area contributed by atoms with E-state index >= 15 is 0 Å². The van der Waals surface area contributed by atoms with Gasteiger partial charge in [-0.3, -0.25) is 0 Å². The maximum atomic E-state index is 11.2. The quantitative estimate of drug-likeness (QED) is 0.798. The lowest BCUT2D eigenvalue weighted by atomic mass is 10.2. The van der Waals surface area contributed by atoms with E-state index in [1.807, 2.05) is 6.92 Å². The SMILES string of the molecule is COCC(C)CNc1cccc(S(N)(=O)=O)c1. The van der Waals surface area contributed by atoms with Crippen molar-refractivity contribution >= 4 is 15.7 Å². The van der Waals surface area contributed by atoms with E-state index in [4.69, 9.17) is 9.88 Å². The van der Waals surface area contributed by atoms with Crippen LogP contribution in [0.25, 0.3) is 0 Å². The summed E-state index contributed by atoms with van der Waals surface area (Å²) in [5, 5.41) is 8.20. The van der Waals surface area contributed by atoms with Gasteiger partial charge in [-0.05, 0) is 24.1 Å². The molecule has 0 bridgehead atoms. The van der Waals surface area contributed by atoms with E-state index in [1.54, 1.807) is 19.2 Å². The third-order valence-corrected chi connectivity index (χ3v) is 3.18. The van der Waals surface area contributed by atoms with Crippen LogP contribution in [-0.4, -0.2) is 28.7 Å². The number of anilines is 1. The number of nitrogens with one attached hydrogen (secondary N) is 1. The molecule has 0 amide bonds. The van der Waals surface area contributed by atoms with Gasteiger partial charge in [-0.2, -0.15) is 0 Å². The van der Waals surface area contributed by atoms with Crippen LogP contribution < -0.4 is 10.5 Å². The third kappa shape index (κ3) is 4.72. The predicted octanol–water partition coefficient (Wildman–Crippen LogP) is 1.03. The zero-order valence-corrected chi connectivity index (χ0v) is 10.8. The molecule has 6 heteroatoms. The molecule has 0 aliphatic rings. The topological polar surface area (TPSA) is 81.4 Å². The van der Waals surface area contributed by atoms with Gasteiger partial charge >= 0.3 is 0 Å². The smallest absolute Gasteiger partial charge is 0.238 e. The van der Waals surface area contributed by atoms with Crippen molar-refractivity contribution in [1.82, 2.24) is 0 Å². The standard InChI is InChI=1S/C11H18N2O3S/c1-9(8-16-2)7-13-10-4-3-5-11(6-10)17(12,14)15/h3-6,9,13H,7-8H2,1-2H3,(H2,12,14,15). The Morgan fingerprint density at radius 1 is 1.47 bits per heavy atom. The van der Waals surface area contributed by atoms with Crippen LogP contribution in [0.3, 0.4) is 0 Å². The number of rotatable bonds is 6. The van der Waals surface area contributed by atoms with Crippen molar-refractivity contribution in [3.05, 3.63) is 24.3 Å². The highest BCUT2D eigenvalue weighted by Gasteiger charge is 2.08. The van der Waals surface area contributed by atoms with Crippen molar-refractivity contribution in [2.24, 2.45) is 11.1 Å². The highest BCUT2D eigenvalue weighted by atomic mass is 32.2. The second-order valence-electron chi connectivity index (χ2n) is 4.01. The minimum Gasteiger partial charge on any atom is -0.385 e. The summed E-state index contributed by atoms with van der Waals surface area (Å²) in [4.78, 5) is 0.113. The van der Waals surface area contributed by atoms with Crippen molar-refractivity contribution in [1.29, 1.82) is 0 Å². The molecule has 1 unspecified atom stereocenters. The van der Waals surface area contributed by atoms with E-state index in [0.29, 0.717) is 19.1 Å². The Balaban J connectivity index is 2.67. The molecule has 1 aromatic carbocycles. The molecule has 0 spiro atoms. The molecule has 0 aliphatic heterocycles. The van der Waals surface area contributed by atoms with Crippen LogP contribution >= 0.6 is 0 Å². The molecule has 0 fully saturated rings. The number of benzene rings is 1. The first kappa shape index (κ1) is 14.0. The Labute approximate surface area is 102 Å². The summed E-state index contributed by atoms with van der Waals surface area (Å²) in [5.74, 6) is 0.345. The molecular weight excluding hydrogens is 240 g/mol. The number of sulfonamides is 1. The summed E-state index contributed by atoms with van der Waals surface area (Å²) in [5.41, 5.74) is 0.736. The largest absolute Gasteiger partial charge is 0.385 e. The first-order valence-corrected chi connectivity index (χ1v) is 6.84. The minimum absolute atomic E-state index is 0.113. The Morgan fingerprint density at radius 3 is 2.76 bits per heavy atom. The molecule has 0 saturated heterocycles. The van der Waals surface area contributed by atoms with E-state index in [-0.39, 0.29) is 4.90 Å². The Morgan fingerprint density at radius 2 is 2.18 bits per heavy atom. The highest BCUT2D eigenvalue weighted by molar-refractivity contribution is 7.89. The summed E-state index contributed by atoms with van der Waals surface area (Å²) >= 11 is 0. The monoisotopic (exact) mass is 258 g/mol. The van der Waals surface area contributed by atoms with Crippen LogP contribution in [-0.2, 0) is 14.8 Å².